The van der Waals surface area contributed by atoms with E-state index in [-0.39, 0.29) is 12.4 Å². The highest BCUT2D eigenvalue weighted by Crippen LogP contribution is 2.21. The van der Waals surface area contributed by atoms with Crippen molar-refractivity contribution in [2.24, 2.45) is 0 Å². The molecule has 1 heterocycles. The summed E-state index contributed by atoms with van der Waals surface area (Å²) < 4.78 is 0. The molecule has 5 heteroatoms. The van der Waals surface area contributed by atoms with E-state index >= 15 is 0 Å². The molecule has 1 amide bonds. The highest BCUT2D eigenvalue weighted by molar-refractivity contribution is 5.85. The van der Waals surface area contributed by atoms with E-state index in [1.54, 1.807) is 0 Å². The molecule has 4 nitrogen and oxygen atoms in total. The molecule has 0 aromatic carbocycles. The van der Waals surface area contributed by atoms with Gasteiger partial charge in [-0.25, -0.2) is 0 Å². The van der Waals surface area contributed by atoms with Gasteiger partial charge < -0.3 is 10.2 Å². The second kappa shape index (κ2) is 8.08. The molecule has 0 radical (unpaired) electrons. The number of carbonyl (C=O) groups excluding carboxylic acids is 1. The molecule has 1 unspecified atom stereocenters. The Labute approximate surface area is 123 Å². The smallest absolute Gasteiger partial charge is 0.236 e. The van der Waals surface area contributed by atoms with Gasteiger partial charge in [-0.05, 0) is 19.8 Å². The summed E-state index contributed by atoms with van der Waals surface area (Å²) in [4.78, 5) is 16.6. The van der Waals surface area contributed by atoms with Crippen molar-refractivity contribution in [2.75, 3.05) is 33.2 Å². The number of piperazine rings is 1. The molecule has 1 aliphatic heterocycles. The standard InChI is InChI=1S/C14H27N3O.ClH/c1-12-10-17(9-8-15-12)11-14(18)16(2)13-6-4-3-5-7-13;/h12-13,15H,3-11H2,1-2H3;1H. The van der Waals surface area contributed by atoms with E-state index in [1.807, 2.05) is 11.9 Å². The molecule has 2 fully saturated rings. The Morgan fingerprint density at radius 2 is 2.00 bits per heavy atom. The molecule has 0 aromatic rings. The van der Waals surface area contributed by atoms with Crippen molar-refractivity contribution in [3.05, 3.63) is 0 Å². The summed E-state index contributed by atoms with van der Waals surface area (Å²) in [6.07, 6.45) is 6.30. The first-order valence-corrected chi connectivity index (χ1v) is 7.38. The fourth-order valence-corrected chi connectivity index (χ4v) is 3.13. The molecule has 1 atom stereocenters. The van der Waals surface area contributed by atoms with Crippen LogP contribution in [-0.2, 0) is 4.79 Å². The van der Waals surface area contributed by atoms with E-state index in [0.717, 1.165) is 19.6 Å². The molecule has 112 valence electrons. The normalized spacial score (nSPS) is 25.7. The van der Waals surface area contributed by atoms with E-state index in [1.165, 1.54) is 32.1 Å². The zero-order valence-electron chi connectivity index (χ0n) is 12.2. The summed E-state index contributed by atoms with van der Waals surface area (Å²) in [5.74, 6) is 0.302. The lowest BCUT2D eigenvalue weighted by Crippen LogP contribution is -2.53. The quantitative estimate of drug-likeness (QED) is 0.855. The molecule has 2 aliphatic rings. The summed E-state index contributed by atoms with van der Waals surface area (Å²) in [6.45, 7) is 5.76. The number of nitrogens with zero attached hydrogens (tertiary/aromatic N) is 2. The molecule has 0 spiro atoms. The predicted molar refractivity (Wildman–Crippen MR) is 80.8 cm³/mol. The molecule has 1 aliphatic carbocycles. The van der Waals surface area contributed by atoms with Gasteiger partial charge in [-0.1, -0.05) is 19.3 Å². The first-order chi connectivity index (χ1) is 8.66. The number of rotatable bonds is 3. The topological polar surface area (TPSA) is 35.6 Å². The lowest BCUT2D eigenvalue weighted by molar-refractivity contribution is -0.134. The summed E-state index contributed by atoms with van der Waals surface area (Å²) in [5.41, 5.74) is 0. The number of amides is 1. The van der Waals surface area contributed by atoms with E-state index in [4.69, 9.17) is 0 Å². The zero-order valence-corrected chi connectivity index (χ0v) is 13.0. The molecular weight excluding hydrogens is 262 g/mol. The molecule has 1 saturated heterocycles. The zero-order chi connectivity index (χ0) is 13.0. The van der Waals surface area contributed by atoms with Crippen LogP contribution in [0, 0.1) is 0 Å². The number of hydrogen-bond donors (Lipinski definition) is 1. The summed E-state index contributed by atoms with van der Waals surface area (Å²) in [5, 5.41) is 3.41. The lowest BCUT2D eigenvalue weighted by atomic mass is 9.94. The van der Waals surface area contributed by atoms with Gasteiger partial charge in [0.25, 0.3) is 0 Å². The van der Waals surface area contributed by atoms with Crippen LogP contribution in [0.5, 0.6) is 0 Å². The highest BCUT2D eigenvalue weighted by Gasteiger charge is 2.24. The van der Waals surface area contributed by atoms with Gasteiger partial charge in [-0.2, -0.15) is 0 Å². The van der Waals surface area contributed by atoms with Crippen LogP contribution in [0.2, 0.25) is 0 Å². The SMILES string of the molecule is CC1CN(CC(=O)N(C)C2CCCCC2)CCN1.Cl. The third-order valence-electron chi connectivity index (χ3n) is 4.33. The van der Waals surface area contributed by atoms with Crippen LogP contribution in [0.3, 0.4) is 0 Å². The van der Waals surface area contributed by atoms with E-state index < -0.39 is 0 Å². The average Bonchev–Trinajstić information content (AvgIpc) is 2.39. The Morgan fingerprint density at radius 1 is 1.32 bits per heavy atom. The van der Waals surface area contributed by atoms with E-state index in [9.17, 15) is 4.79 Å². The maximum absolute atomic E-state index is 12.3. The minimum Gasteiger partial charge on any atom is -0.342 e. The van der Waals surface area contributed by atoms with Crippen LogP contribution >= 0.6 is 12.4 Å². The van der Waals surface area contributed by atoms with Gasteiger partial charge in [0.2, 0.25) is 5.91 Å². The largest absolute Gasteiger partial charge is 0.342 e. The van der Waals surface area contributed by atoms with Crippen LogP contribution in [0.1, 0.15) is 39.0 Å². The number of carbonyl (C=O) groups is 1. The van der Waals surface area contributed by atoms with Crippen LogP contribution in [0.15, 0.2) is 0 Å². The van der Waals surface area contributed by atoms with Crippen molar-refractivity contribution in [3.8, 4) is 0 Å². The fraction of sp³-hybridized carbons (Fsp3) is 0.929. The summed E-state index contributed by atoms with van der Waals surface area (Å²) >= 11 is 0. The van der Waals surface area contributed by atoms with Gasteiger partial charge >= 0.3 is 0 Å². The van der Waals surface area contributed by atoms with Crippen molar-refractivity contribution in [2.45, 2.75) is 51.1 Å². The Morgan fingerprint density at radius 3 is 2.63 bits per heavy atom. The van der Waals surface area contributed by atoms with Crippen molar-refractivity contribution >= 4 is 18.3 Å². The summed E-state index contributed by atoms with van der Waals surface area (Å²) in [7, 11) is 1.99. The first kappa shape index (κ1) is 16.7. The molecular formula is C14H28ClN3O. The Kier molecular flexibility index (Phi) is 7.11. The Bertz CT molecular complexity index is 282. The molecule has 0 bridgehead atoms. The lowest BCUT2D eigenvalue weighted by Gasteiger charge is -2.35. The number of halogens is 1. The fourth-order valence-electron chi connectivity index (χ4n) is 3.13. The predicted octanol–water partition coefficient (Wildman–Crippen LogP) is 1.49. The average molecular weight is 290 g/mol. The van der Waals surface area contributed by atoms with E-state index in [0.29, 0.717) is 24.5 Å². The van der Waals surface area contributed by atoms with E-state index in [2.05, 4.69) is 17.1 Å². The molecule has 0 aromatic heterocycles. The van der Waals surface area contributed by atoms with Crippen LogP contribution in [0.25, 0.3) is 0 Å². The summed E-state index contributed by atoms with van der Waals surface area (Å²) in [6, 6.07) is 0.998. The van der Waals surface area contributed by atoms with Gasteiger partial charge in [-0.3, -0.25) is 9.69 Å². The van der Waals surface area contributed by atoms with Crippen molar-refractivity contribution < 1.29 is 4.79 Å². The van der Waals surface area contributed by atoms with Crippen molar-refractivity contribution in [1.29, 1.82) is 0 Å². The molecule has 1 N–H and O–H groups in total. The second-order valence-corrected chi connectivity index (χ2v) is 5.89. The van der Waals surface area contributed by atoms with Gasteiger partial charge in [0.1, 0.15) is 0 Å². The van der Waals surface area contributed by atoms with Crippen LogP contribution in [-0.4, -0.2) is 61.0 Å². The maximum Gasteiger partial charge on any atom is 0.236 e. The first-order valence-electron chi connectivity index (χ1n) is 7.38. The Hall–Kier alpha value is -0.320. The maximum atomic E-state index is 12.3. The second-order valence-electron chi connectivity index (χ2n) is 5.89. The molecule has 2 rings (SSSR count). The minimum atomic E-state index is 0. The van der Waals surface area contributed by atoms with Gasteiger partial charge in [0, 0.05) is 38.8 Å². The van der Waals surface area contributed by atoms with Gasteiger partial charge in [-0.15, -0.1) is 12.4 Å². The van der Waals surface area contributed by atoms with Gasteiger partial charge in [0.15, 0.2) is 0 Å². The third kappa shape index (κ3) is 4.93. The number of nitrogens with one attached hydrogen (secondary N) is 1. The third-order valence-corrected chi connectivity index (χ3v) is 4.33. The Balaban J connectivity index is 0.00000180. The molecule has 19 heavy (non-hydrogen) atoms. The van der Waals surface area contributed by atoms with Gasteiger partial charge in [0.05, 0.1) is 6.54 Å². The minimum absolute atomic E-state index is 0. The number of likely N-dealkylation sites (N-methyl/N-ethyl adjacent to an activating group) is 1. The monoisotopic (exact) mass is 289 g/mol. The van der Waals surface area contributed by atoms with Crippen molar-refractivity contribution in [1.82, 2.24) is 15.1 Å². The van der Waals surface area contributed by atoms with Crippen molar-refractivity contribution in [3.63, 3.8) is 0 Å². The molecule has 1 saturated carbocycles. The van der Waals surface area contributed by atoms with Crippen LogP contribution in [0.4, 0.5) is 0 Å². The highest BCUT2D eigenvalue weighted by atomic mass is 35.5. The number of hydrogen-bond acceptors (Lipinski definition) is 3. The van der Waals surface area contributed by atoms with Crippen LogP contribution < -0.4 is 5.32 Å².